The topological polar surface area (TPSA) is 72.1 Å². The van der Waals surface area contributed by atoms with Crippen molar-refractivity contribution in [1.29, 1.82) is 0 Å². The van der Waals surface area contributed by atoms with Gasteiger partial charge in [-0.2, -0.15) is 9.61 Å². The summed E-state index contributed by atoms with van der Waals surface area (Å²) in [7, 11) is 2.09. The number of anilines is 1. The number of allylic oxidation sites excluding steroid dienone is 4. The van der Waals surface area contributed by atoms with Crippen LogP contribution in [0.2, 0.25) is 5.02 Å². The van der Waals surface area contributed by atoms with Crippen LogP contribution < -0.4 is 10.1 Å². The minimum absolute atomic E-state index is 0.136. The Morgan fingerprint density at radius 2 is 1.88 bits per heavy atom. The lowest BCUT2D eigenvalue weighted by molar-refractivity contribution is 0.640. The number of hydrogen-bond donors (Lipinski definition) is 0. The predicted octanol–water partition coefficient (Wildman–Crippen LogP) is 3.91. The maximum Gasteiger partial charge on any atom is 0.205 e. The number of rotatable bonds is 3. The molecular weight excluding hydrogens is 422 g/mol. The normalized spacial score (nSPS) is 17.2. The number of benzene rings is 1. The molecule has 0 aliphatic carbocycles. The Morgan fingerprint density at radius 1 is 1.06 bits per heavy atom. The summed E-state index contributed by atoms with van der Waals surface area (Å²) in [5.74, 6) is 0.577. The van der Waals surface area contributed by atoms with Gasteiger partial charge < -0.3 is 4.90 Å². The number of aromatic nitrogens is 6. The molecule has 7 nitrogen and oxygen atoms in total. The van der Waals surface area contributed by atoms with Gasteiger partial charge in [0, 0.05) is 46.5 Å². The van der Waals surface area contributed by atoms with Crippen LogP contribution in [0.3, 0.4) is 0 Å². The molecule has 160 valence electrons. The molecule has 0 atom stereocenters. The van der Waals surface area contributed by atoms with Crippen molar-refractivity contribution < 1.29 is 0 Å². The largest absolute Gasteiger partial charge is 0.347 e. The third-order valence-corrected chi connectivity index (χ3v) is 6.17. The van der Waals surface area contributed by atoms with Crippen LogP contribution in [0.15, 0.2) is 60.7 Å². The molecule has 0 bridgehead atoms. The van der Waals surface area contributed by atoms with Crippen LogP contribution in [0.4, 0.5) is 5.69 Å². The molecule has 0 N–H and O–H groups in total. The molecule has 0 amide bonds. The SMILES string of the molecule is Cc1nn2c(-c3cnccn3)nnc2\c1=C/C=C/C=C1/N(C)c2ccc(Cl)cc2C1(C)C. The van der Waals surface area contributed by atoms with Gasteiger partial charge in [-0.1, -0.05) is 37.6 Å². The van der Waals surface area contributed by atoms with Crippen molar-refractivity contribution in [3.05, 3.63) is 82.2 Å². The Balaban J connectivity index is 1.49. The summed E-state index contributed by atoms with van der Waals surface area (Å²) < 4.78 is 1.71. The molecule has 4 heterocycles. The van der Waals surface area contributed by atoms with Gasteiger partial charge in [-0.05, 0) is 42.8 Å². The minimum atomic E-state index is -0.136. The number of aryl methyl sites for hydroxylation is 1. The van der Waals surface area contributed by atoms with Gasteiger partial charge >= 0.3 is 0 Å². The van der Waals surface area contributed by atoms with Gasteiger partial charge in [-0.25, -0.2) is 4.98 Å². The Kier molecular flexibility index (Phi) is 4.78. The average molecular weight is 444 g/mol. The van der Waals surface area contributed by atoms with Crippen LogP contribution in [0.5, 0.6) is 0 Å². The minimum Gasteiger partial charge on any atom is -0.347 e. The number of likely N-dealkylation sites (N-methyl/N-ethyl adjacent to an activating group) is 1. The molecule has 0 fully saturated rings. The highest BCUT2D eigenvalue weighted by Gasteiger charge is 2.38. The molecule has 4 aromatic rings. The Morgan fingerprint density at radius 3 is 2.66 bits per heavy atom. The van der Waals surface area contributed by atoms with Crippen molar-refractivity contribution in [3.8, 4) is 11.5 Å². The molecule has 1 aliphatic rings. The van der Waals surface area contributed by atoms with Gasteiger partial charge in [-0.15, -0.1) is 10.2 Å². The second-order valence-corrected chi connectivity index (χ2v) is 8.73. The summed E-state index contributed by atoms with van der Waals surface area (Å²) in [5, 5.41) is 14.9. The standard InChI is InChI=1S/C24H22ClN7/c1-15-17(22-28-29-23(32(22)30-15)19-14-26-11-12-27-19)7-5-6-8-21-24(2,3)18-13-16(25)9-10-20(18)31(21)4/h5-14H,1-4H3/b6-5+,17-7-,21-8+. The monoisotopic (exact) mass is 443 g/mol. The zero-order chi connectivity index (χ0) is 22.5. The summed E-state index contributed by atoms with van der Waals surface area (Å²) in [6.07, 6.45) is 13.1. The van der Waals surface area contributed by atoms with Gasteiger partial charge in [0.25, 0.3) is 0 Å². The molecule has 0 radical (unpaired) electrons. The van der Waals surface area contributed by atoms with Gasteiger partial charge in [-0.3, -0.25) is 4.98 Å². The highest BCUT2D eigenvalue weighted by molar-refractivity contribution is 6.30. The van der Waals surface area contributed by atoms with Crippen LogP contribution in [0, 0.1) is 6.92 Å². The first-order valence-corrected chi connectivity index (χ1v) is 10.7. The predicted molar refractivity (Wildman–Crippen MR) is 126 cm³/mol. The van der Waals surface area contributed by atoms with Crippen molar-refractivity contribution in [2.24, 2.45) is 0 Å². The zero-order valence-electron chi connectivity index (χ0n) is 18.3. The van der Waals surface area contributed by atoms with Gasteiger partial charge in [0.05, 0.1) is 11.9 Å². The summed E-state index contributed by atoms with van der Waals surface area (Å²) in [6.45, 7) is 6.39. The molecule has 3 aromatic heterocycles. The van der Waals surface area contributed by atoms with E-state index in [0.717, 1.165) is 15.9 Å². The van der Waals surface area contributed by atoms with Crippen LogP contribution in [-0.2, 0) is 5.41 Å². The lowest BCUT2D eigenvalue weighted by Gasteiger charge is -2.23. The van der Waals surface area contributed by atoms with E-state index in [-0.39, 0.29) is 5.41 Å². The fraction of sp³-hybridized carbons (Fsp3) is 0.208. The molecule has 32 heavy (non-hydrogen) atoms. The van der Waals surface area contributed by atoms with E-state index in [1.807, 2.05) is 31.2 Å². The summed E-state index contributed by atoms with van der Waals surface area (Å²) >= 11 is 6.25. The van der Waals surface area contributed by atoms with E-state index in [0.29, 0.717) is 17.2 Å². The number of hydrogen-bond acceptors (Lipinski definition) is 6. The third kappa shape index (κ3) is 3.17. The third-order valence-electron chi connectivity index (χ3n) is 5.94. The second-order valence-electron chi connectivity index (χ2n) is 8.30. The molecule has 1 aromatic carbocycles. The number of nitrogens with zero attached hydrogens (tertiary/aromatic N) is 7. The molecule has 0 saturated carbocycles. The lowest BCUT2D eigenvalue weighted by Crippen LogP contribution is -2.22. The fourth-order valence-corrected chi connectivity index (χ4v) is 4.46. The number of halogens is 1. The molecular formula is C24H22ClN7. The average Bonchev–Trinajstić information content (AvgIpc) is 3.37. The molecule has 1 aliphatic heterocycles. The number of fused-ring (bicyclic) bond motifs is 2. The van der Waals surface area contributed by atoms with Crippen LogP contribution in [0.25, 0.3) is 23.2 Å². The Labute approximate surface area is 190 Å². The van der Waals surface area contributed by atoms with Crippen molar-refractivity contribution in [2.75, 3.05) is 11.9 Å². The van der Waals surface area contributed by atoms with E-state index >= 15 is 0 Å². The molecule has 0 spiro atoms. The Bertz CT molecular complexity index is 1430. The van der Waals surface area contributed by atoms with Crippen molar-refractivity contribution in [2.45, 2.75) is 26.2 Å². The quantitative estimate of drug-likeness (QED) is 0.478. The maximum absolute atomic E-state index is 6.25. The summed E-state index contributed by atoms with van der Waals surface area (Å²) in [6, 6.07) is 6.06. The van der Waals surface area contributed by atoms with Gasteiger partial charge in [0.2, 0.25) is 5.82 Å². The van der Waals surface area contributed by atoms with E-state index in [4.69, 9.17) is 11.6 Å². The van der Waals surface area contributed by atoms with Crippen molar-refractivity contribution >= 4 is 29.0 Å². The molecule has 5 rings (SSSR count). The van der Waals surface area contributed by atoms with E-state index in [9.17, 15) is 0 Å². The van der Waals surface area contributed by atoms with Gasteiger partial charge in [0.15, 0.2) is 5.65 Å². The van der Waals surface area contributed by atoms with Gasteiger partial charge in [0.1, 0.15) is 5.69 Å². The van der Waals surface area contributed by atoms with Crippen LogP contribution in [0.1, 0.15) is 25.1 Å². The Hall–Kier alpha value is -3.58. The molecule has 8 heteroatoms. The zero-order valence-corrected chi connectivity index (χ0v) is 19.0. The van der Waals surface area contributed by atoms with Crippen molar-refractivity contribution in [1.82, 2.24) is 29.8 Å². The molecule has 0 saturated heterocycles. The van der Waals surface area contributed by atoms with Crippen molar-refractivity contribution in [3.63, 3.8) is 0 Å². The molecule has 0 unspecified atom stereocenters. The second kappa shape index (κ2) is 7.53. The highest BCUT2D eigenvalue weighted by Crippen LogP contribution is 2.47. The lowest BCUT2D eigenvalue weighted by atomic mass is 9.84. The van der Waals surface area contributed by atoms with E-state index in [2.05, 4.69) is 69.3 Å². The first kappa shape index (κ1) is 20.3. The van der Waals surface area contributed by atoms with E-state index in [1.54, 1.807) is 23.1 Å². The fourth-order valence-electron chi connectivity index (χ4n) is 4.28. The summed E-state index contributed by atoms with van der Waals surface area (Å²) in [5.41, 5.74) is 5.68. The smallest absolute Gasteiger partial charge is 0.205 e. The maximum atomic E-state index is 6.25. The van der Waals surface area contributed by atoms with Crippen LogP contribution >= 0.6 is 11.6 Å². The van der Waals surface area contributed by atoms with Crippen LogP contribution in [-0.4, -0.2) is 36.8 Å². The first-order chi connectivity index (χ1) is 15.4. The first-order valence-electron chi connectivity index (χ1n) is 10.3. The van der Waals surface area contributed by atoms with E-state index in [1.165, 1.54) is 16.9 Å². The summed E-state index contributed by atoms with van der Waals surface area (Å²) in [4.78, 5) is 10.6. The highest BCUT2D eigenvalue weighted by atomic mass is 35.5. The van der Waals surface area contributed by atoms with E-state index < -0.39 is 0 Å².